The first-order chi connectivity index (χ1) is 8.08. The lowest BCUT2D eigenvalue weighted by Gasteiger charge is -2.31. The first kappa shape index (κ1) is 12.2. The Morgan fingerprint density at radius 2 is 2.24 bits per heavy atom. The zero-order valence-corrected chi connectivity index (χ0v) is 10.8. The smallest absolute Gasteiger partial charge is 0.122 e. The van der Waals surface area contributed by atoms with Crippen LogP contribution in [0.1, 0.15) is 24.8 Å². The van der Waals surface area contributed by atoms with Crippen molar-refractivity contribution < 1.29 is 0 Å². The second kappa shape index (κ2) is 4.96. The molecule has 0 unspecified atom stereocenters. The number of anilines is 1. The second-order valence-electron chi connectivity index (χ2n) is 4.76. The summed E-state index contributed by atoms with van der Waals surface area (Å²) in [5, 5.41) is 8.03. The molecule has 2 rings (SSSR count). The Bertz CT molecular complexity index is 427. The molecule has 1 saturated carbocycles. The van der Waals surface area contributed by atoms with E-state index in [1.807, 2.05) is 12.1 Å². The number of benzene rings is 1. The minimum absolute atomic E-state index is 0.0556. The van der Waals surface area contributed by atoms with Crippen molar-refractivity contribution in [3.8, 4) is 0 Å². The van der Waals surface area contributed by atoms with Gasteiger partial charge in [-0.25, -0.2) is 0 Å². The second-order valence-corrected chi connectivity index (χ2v) is 5.16. The normalized spacial score (nSPS) is 15.4. The van der Waals surface area contributed by atoms with Crippen LogP contribution in [0, 0.1) is 11.3 Å². The van der Waals surface area contributed by atoms with Gasteiger partial charge in [0, 0.05) is 19.2 Å². The summed E-state index contributed by atoms with van der Waals surface area (Å²) in [5.41, 5.74) is 7.13. The Morgan fingerprint density at radius 1 is 1.53 bits per heavy atom. The predicted octanol–water partition coefficient (Wildman–Crippen LogP) is 2.86. The van der Waals surface area contributed by atoms with Gasteiger partial charge in [-0.3, -0.25) is 5.41 Å². The van der Waals surface area contributed by atoms with E-state index in [2.05, 4.69) is 11.9 Å². The number of amidine groups is 1. The standard InChI is InChI=1S/C13H18ClN3/c1-17(8-9-3-2-4-9)12-6-5-10(13(15)16)7-11(12)14/h5-7,9H,2-4,8H2,1H3,(H3,15,16). The molecule has 3 N–H and O–H groups in total. The summed E-state index contributed by atoms with van der Waals surface area (Å²) in [6.45, 7) is 1.05. The molecule has 0 heterocycles. The minimum Gasteiger partial charge on any atom is -0.384 e. The van der Waals surface area contributed by atoms with E-state index in [0.29, 0.717) is 10.6 Å². The van der Waals surface area contributed by atoms with Crippen LogP contribution in [0.25, 0.3) is 0 Å². The molecule has 0 atom stereocenters. The predicted molar refractivity (Wildman–Crippen MR) is 73.1 cm³/mol. The van der Waals surface area contributed by atoms with Crippen LogP contribution in [0.3, 0.4) is 0 Å². The molecule has 0 aliphatic heterocycles. The van der Waals surface area contributed by atoms with E-state index in [1.54, 1.807) is 6.07 Å². The van der Waals surface area contributed by atoms with Crippen LogP contribution in [-0.4, -0.2) is 19.4 Å². The Labute approximate surface area is 107 Å². The summed E-state index contributed by atoms with van der Waals surface area (Å²) in [6, 6.07) is 5.55. The van der Waals surface area contributed by atoms with Gasteiger partial charge in [0.2, 0.25) is 0 Å². The van der Waals surface area contributed by atoms with E-state index >= 15 is 0 Å². The number of rotatable bonds is 4. The molecule has 1 aliphatic rings. The van der Waals surface area contributed by atoms with Gasteiger partial charge in [-0.2, -0.15) is 0 Å². The quantitative estimate of drug-likeness (QED) is 0.639. The molecule has 0 radical (unpaired) electrons. The van der Waals surface area contributed by atoms with Gasteiger partial charge in [-0.05, 0) is 37.0 Å². The molecule has 0 spiro atoms. The maximum atomic E-state index is 7.37. The highest BCUT2D eigenvalue weighted by molar-refractivity contribution is 6.33. The van der Waals surface area contributed by atoms with Crippen molar-refractivity contribution in [2.45, 2.75) is 19.3 Å². The van der Waals surface area contributed by atoms with Crippen molar-refractivity contribution in [3.05, 3.63) is 28.8 Å². The number of nitrogens with one attached hydrogen (secondary N) is 1. The van der Waals surface area contributed by atoms with Gasteiger partial charge in [0.1, 0.15) is 5.84 Å². The van der Waals surface area contributed by atoms with Crippen molar-refractivity contribution >= 4 is 23.1 Å². The lowest BCUT2D eigenvalue weighted by Crippen LogP contribution is -2.29. The molecule has 1 aromatic carbocycles. The SMILES string of the molecule is CN(CC1CCC1)c1ccc(C(=N)N)cc1Cl. The van der Waals surface area contributed by atoms with Gasteiger partial charge in [0.05, 0.1) is 10.7 Å². The third-order valence-corrected chi connectivity index (χ3v) is 3.73. The van der Waals surface area contributed by atoms with Crippen LogP contribution in [0.5, 0.6) is 0 Å². The number of nitrogen functional groups attached to an aromatic ring is 1. The fourth-order valence-electron chi connectivity index (χ4n) is 2.15. The van der Waals surface area contributed by atoms with Gasteiger partial charge in [-0.15, -0.1) is 0 Å². The third kappa shape index (κ3) is 2.72. The van der Waals surface area contributed by atoms with Crippen LogP contribution in [0.2, 0.25) is 5.02 Å². The van der Waals surface area contributed by atoms with E-state index in [-0.39, 0.29) is 5.84 Å². The third-order valence-electron chi connectivity index (χ3n) is 3.43. The number of nitrogens with zero attached hydrogens (tertiary/aromatic N) is 1. The number of nitrogens with two attached hydrogens (primary N) is 1. The van der Waals surface area contributed by atoms with Gasteiger partial charge < -0.3 is 10.6 Å². The highest BCUT2D eigenvalue weighted by atomic mass is 35.5. The molecule has 1 aromatic rings. The molecule has 0 aromatic heterocycles. The average Bonchev–Trinajstić information content (AvgIpc) is 2.22. The maximum Gasteiger partial charge on any atom is 0.122 e. The van der Waals surface area contributed by atoms with Crippen LogP contribution in [-0.2, 0) is 0 Å². The van der Waals surface area contributed by atoms with Crippen LogP contribution < -0.4 is 10.6 Å². The molecule has 0 amide bonds. The monoisotopic (exact) mass is 251 g/mol. The Hall–Kier alpha value is -1.22. The van der Waals surface area contributed by atoms with Crippen molar-refractivity contribution in [1.29, 1.82) is 5.41 Å². The van der Waals surface area contributed by atoms with Gasteiger partial charge in [0.15, 0.2) is 0 Å². The van der Waals surface area contributed by atoms with E-state index in [4.69, 9.17) is 22.7 Å². The topological polar surface area (TPSA) is 53.1 Å². The molecule has 4 heteroatoms. The number of halogens is 1. The van der Waals surface area contributed by atoms with Crippen LogP contribution in [0.15, 0.2) is 18.2 Å². The Kier molecular flexibility index (Phi) is 3.57. The number of hydrogen-bond donors (Lipinski definition) is 2. The molecule has 0 bridgehead atoms. The summed E-state index contributed by atoms with van der Waals surface area (Å²) in [4.78, 5) is 2.19. The van der Waals surface area contributed by atoms with Crippen molar-refractivity contribution in [2.75, 3.05) is 18.5 Å². The van der Waals surface area contributed by atoms with Crippen molar-refractivity contribution in [3.63, 3.8) is 0 Å². The van der Waals surface area contributed by atoms with Crippen LogP contribution in [0.4, 0.5) is 5.69 Å². The molecule has 1 fully saturated rings. The highest BCUT2D eigenvalue weighted by Gasteiger charge is 2.20. The Balaban J connectivity index is 2.11. The minimum atomic E-state index is 0.0556. The van der Waals surface area contributed by atoms with Gasteiger partial charge >= 0.3 is 0 Å². The molecular weight excluding hydrogens is 234 g/mol. The summed E-state index contributed by atoms with van der Waals surface area (Å²) < 4.78 is 0. The molecule has 17 heavy (non-hydrogen) atoms. The van der Waals surface area contributed by atoms with E-state index in [1.165, 1.54) is 19.3 Å². The lowest BCUT2D eigenvalue weighted by atomic mass is 9.85. The molecular formula is C13H18ClN3. The van der Waals surface area contributed by atoms with E-state index in [9.17, 15) is 0 Å². The fraction of sp³-hybridized carbons (Fsp3) is 0.462. The zero-order valence-electron chi connectivity index (χ0n) is 10.0. The fourth-order valence-corrected chi connectivity index (χ4v) is 2.47. The molecule has 92 valence electrons. The summed E-state index contributed by atoms with van der Waals surface area (Å²) in [5.74, 6) is 0.864. The van der Waals surface area contributed by atoms with Gasteiger partial charge in [0.25, 0.3) is 0 Å². The van der Waals surface area contributed by atoms with E-state index < -0.39 is 0 Å². The van der Waals surface area contributed by atoms with Crippen molar-refractivity contribution in [1.82, 2.24) is 0 Å². The maximum absolute atomic E-state index is 7.37. The largest absolute Gasteiger partial charge is 0.384 e. The highest BCUT2D eigenvalue weighted by Crippen LogP contribution is 2.31. The van der Waals surface area contributed by atoms with Crippen molar-refractivity contribution in [2.24, 2.45) is 11.7 Å². The lowest BCUT2D eigenvalue weighted by molar-refractivity contribution is 0.321. The van der Waals surface area contributed by atoms with Crippen LogP contribution >= 0.6 is 11.6 Å². The first-order valence-electron chi connectivity index (χ1n) is 5.93. The Morgan fingerprint density at radius 3 is 2.71 bits per heavy atom. The summed E-state index contributed by atoms with van der Waals surface area (Å²) >= 11 is 6.22. The number of hydrogen-bond acceptors (Lipinski definition) is 2. The molecule has 0 saturated heterocycles. The first-order valence-corrected chi connectivity index (χ1v) is 6.31. The summed E-state index contributed by atoms with van der Waals surface area (Å²) in [6.07, 6.45) is 4.01. The average molecular weight is 252 g/mol. The van der Waals surface area contributed by atoms with E-state index in [0.717, 1.165) is 18.2 Å². The van der Waals surface area contributed by atoms with Gasteiger partial charge in [-0.1, -0.05) is 18.0 Å². The zero-order chi connectivity index (χ0) is 12.4. The molecule has 3 nitrogen and oxygen atoms in total. The summed E-state index contributed by atoms with van der Waals surface area (Å²) in [7, 11) is 2.06. The molecule has 1 aliphatic carbocycles.